The first-order chi connectivity index (χ1) is 9.93. The first kappa shape index (κ1) is 17.3. The van der Waals surface area contributed by atoms with Crippen LogP contribution in [0.2, 0.25) is 5.02 Å². The Bertz CT molecular complexity index is 470. The molecule has 2 N–H and O–H groups in total. The van der Waals surface area contributed by atoms with Gasteiger partial charge in [-0.1, -0.05) is 53.9 Å². The van der Waals surface area contributed by atoms with E-state index < -0.39 is 0 Å². The van der Waals surface area contributed by atoms with Crippen LogP contribution in [0.25, 0.3) is 0 Å². The van der Waals surface area contributed by atoms with Gasteiger partial charge in [0.2, 0.25) is 0 Å². The number of rotatable bonds is 5. The predicted molar refractivity (Wildman–Crippen MR) is 94.8 cm³/mol. The van der Waals surface area contributed by atoms with Gasteiger partial charge in [0, 0.05) is 15.5 Å². The maximum absolute atomic E-state index is 6.32. The molecule has 1 atom stereocenters. The molecule has 1 heterocycles. The smallest absolute Gasteiger partial charge is 0.0464 e. The molecular formula is C17H26BrClN2. The number of piperidine rings is 1. The molecule has 0 spiro atoms. The summed E-state index contributed by atoms with van der Waals surface area (Å²) in [5.74, 6) is 0. The molecule has 1 aliphatic rings. The van der Waals surface area contributed by atoms with Crippen molar-refractivity contribution in [3.8, 4) is 0 Å². The van der Waals surface area contributed by atoms with Gasteiger partial charge in [-0.3, -0.25) is 0 Å². The van der Waals surface area contributed by atoms with Gasteiger partial charge >= 0.3 is 0 Å². The number of hydrogen-bond acceptors (Lipinski definition) is 2. The number of nitrogens with zero attached hydrogens (tertiary/aromatic N) is 1. The summed E-state index contributed by atoms with van der Waals surface area (Å²) < 4.78 is 0.998. The summed E-state index contributed by atoms with van der Waals surface area (Å²) in [5.41, 5.74) is 7.92. The monoisotopic (exact) mass is 372 g/mol. The molecule has 1 aromatic rings. The lowest BCUT2D eigenvalue weighted by Crippen LogP contribution is -2.39. The van der Waals surface area contributed by atoms with Crippen molar-refractivity contribution in [2.75, 3.05) is 19.6 Å². The van der Waals surface area contributed by atoms with Crippen molar-refractivity contribution >= 4 is 27.5 Å². The number of nitrogens with two attached hydrogens (primary N) is 1. The molecule has 2 rings (SSSR count). The lowest BCUT2D eigenvalue weighted by Gasteiger charge is -2.39. The molecule has 1 aliphatic heterocycles. The Balaban J connectivity index is 1.83. The standard InChI is InChI=1S/C17H26BrClN2/c1-3-17(2)7-10-21(11-8-17)9-6-16(20)14-5-4-13(18)12-15(14)19/h4-5,12,16H,3,6-11,20H2,1-2H3. The molecule has 0 amide bonds. The van der Waals surface area contributed by atoms with Gasteiger partial charge in [0.25, 0.3) is 0 Å². The number of benzene rings is 1. The lowest BCUT2D eigenvalue weighted by molar-refractivity contribution is 0.112. The van der Waals surface area contributed by atoms with Gasteiger partial charge in [-0.25, -0.2) is 0 Å². The van der Waals surface area contributed by atoms with Crippen molar-refractivity contribution in [3.63, 3.8) is 0 Å². The Morgan fingerprint density at radius 2 is 2.05 bits per heavy atom. The van der Waals surface area contributed by atoms with Crippen LogP contribution in [0, 0.1) is 5.41 Å². The molecule has 0 aliphatic carbocycles. The molecule has 1 unspecified atom stereocenters. The first-order valence-electron chi connectivity index (χ1n) is 7.86. The summed E-state index contributed by atoms with van der Waals surface area (Å²) >= 11 is 9.71. The number of halogens is 2. The first-order valence-corrected chi connectivity index (χ1v) is 9.03. The van der Waals surface area contributed by atoms with Crippen LogP contribution in [-0.2, 0) is 0 Å². The highest BCUT2D eigenvalue weighted by Crippen LogP contribution is 2.34. The van der Waals surface area contributed by atoms with Crippen molar-refractivity contribution in [2.24, 2.45) is 11.1 Å². The SMILES string of the molecule is CCC1(C)CCN(CCC(N)c2ccc(Br)cc2Cl)CC1. The third-order valence-corrected chi connectivity index (χ3v) is 5.86. The molecule has 0 bridgehead atoms. The minimum atomic E-state index is 0.0186. The summed E-state index contributed by atoms with van der Waals surface area (Å²) in [6, 6.07) is 5.98. The zero-order valence-corrected chi connectivity index (χ0v) is 15.4. The molecule has 21 heavy (non-hydrogen) atoms. The summed E-state index contributed by atoms with van der Waals surface area (Å²) in [5, 5.41) is 0.758. The minimum absolute atomic E-state index is 0.0186. The van der Waals surface area contributed by atoms with Gasteiger partial charge in [-0.05, 0) is 62.0 Å². The van der Waals surface area contributed by atoms with Gasteiger partial charge in [-0.15, -0.1) is 0 Å². The van der Waals surface area contributed by atoms with Gasteiger partial charge in [-0.2, -0.15) is 0 Å². The summed E-state index contributed by atoms with van der Waals surface area (Å²) in [6.45, 7) is 8.18. The van der Waals surface area contributed by atoms with E-state index in [1.165, 1.54) is 32.4 Å². The molecule has 2 nitrogen and oxygen atoms in total. The number of hydrogen-bond donors (Lipinski definition) is 1. The predicted octanol–water partition coefficient (Wildman–Crippen LogP) is 5.00. The average Bonchev–Trinajstić information content (AvgIpc) is 2.46. The molecular weight excluding hydrogens is 348 g/mol. The second-order valence-corrected chi connectivity index (χ2v) is 7.89. The molecule has 1 saturated heterocycles. The molecule has 1 fully saturated rings. The zero-order valence-electron chi connectivity index (χ0n) is 13.0. The van der Waals surface area contributed by atoms with E-state index in [1.54, 1.807) is 0 Å². The van der Waals surface area contributed by atoms with E-state index in [9.17, 15) is 0 Å². The van der Waals surface area contributed by atoms with E-state index in [-0.39, 0.29) is 6.04 Å². The average molecular weight is 374 g/mol. The van der Waals surface area contributed by atoms with Crippen LogP contribution in [0.5, 0.6) is 0 Å². The van der Waals surface area contributed by atoms with Crippen LogP contribution >= 0.6 is 27.5 Å². The van der Waals surface area contributed by atoms with E-state index in [2.05, 4.69) is 34.7 Å². The maximum Gasteiger partial charge on any atom is 0.0464 e. The van der Waals surface area contributed by atoms with Crippen LogP contribution in [-0.4, -0.2) is 24.5 Å². The second-order valence-electron chi connectivity index (χ2n) is 6.57. The van der Waals surface area contributed by atoms with E-state index in [1.807, 2.05) is 18.2 Å². The van der Waals surface area contributed by atoms with Crippen LogP contribution in [0.15, 0.2) is 22.7 Å². The normalized spacial score (nSPS) is 20.4. The Labute approximate surface area is 142 Å². The molecule has 118 valence electrons. The fraction of sp³-hybridized carbons (Fsp3) is 0.647. The van der Waals surface area contributed by atoms with Gasteiger partial charge in [0.05, 0.1) is 0 Å². The van der Waals surface area contributed by atoms with Gasteiger partial charge in [0.1, 0.15) is 0 Å². The number of likely N-dealkylation sites (tertiary alicyclic amines) is 1. The lowest BCUT2D eigenvalue weighted by atomic mass is 9.78. The van der Waals surface area contributed by atoms with Crippen LogP contribution in [0.1, 0.15) is 51.1 Å². The van der Waals surface area contributed by atoms with E-state index in [4.69, 9.17) is 17.3 Å². The molecule has 0 radical (unpaired) electrons. The molecule has 0 saturated carbocycles. The van der Waals surface area contributed by atoms with Gasteiger partial charge < -0.3 is 10.6 Å². The van der Waals surface area contributed by atoms with Gasteiger partial charge in [0.15, 0.2) is 0 Å². The van der Waals surface area contributed by atoms with Crippen molar-refractivity contribution in [1.29, 1.82) is 0 Å². The van der Waals surface area contributed by atoms with Crippen molar-refractivity contribution in [3.05, 3.63) is 33.3 Å². The highest BCUT2D eigenvalue weighted by Gasteiger charge is 2.28. The molecule has 0 aromatic heterocycles. The molecule has 4 heteroatoms. The summed E-state index contributed by atoms with van der Waals surface area (Å²) in [7, 11) is 0. The van der Waals surface area contributed by atoms with E-state index in [0.717, 1.165) is 28.0 Å². The van der Waals surface area contributed by atoms with E-state index >= 15 is 0 Å². The minimum Gasteiger partial charge on any atom is -0.324 e. The summed E-state index contributed by atoms with van der Waals surface area (Å²) in [6.07, 6.45) is 4.86. The third-order valence-electron chi connectivity index (χ3n) is 5.04. The van der Waals surface area contributed by atoms with E-state index in [0.29, 0.717) is 5.41 Å². The van der Waals surface area contributed by atoms with Crippen molar-refractivity contribution < 1.29 is 0 Å². The van der Waals surface area contributed by atoms with Crippen molar-refractivity contribution in [1.82, 2.24) is 4.90 Å². The highest BCUT2D eigenvalue weighted by molar-refractivity contribution is 9.10. The van der Waals surface area contributed by atoms with Crippen LogP contribution < -0.4 is 5.73 Å². The maximum atomic E-state index is 6.32. The largest absolute Gasteiger partial charge is 0.324 e. The second kappa shape index (κ2) is 7.45. The third kappa shape index (κ3) is 4.69. The van der Waals surface area contributed by atoms with Crippen molar-refractivity contribution in [2.45, 2.75) is 45.6 Å². The summed E-state index contributed by atoms with van der Waals surface area (Å²) in [4.78, 5) is 2.55. The Hall–Kier alpha value is -0.0900. The van der Waals surface area contributed by atoms with Crippen LogP contribution in [0.3, 0.4) is 0 Å². The quantitative estimate of drug-likeness (QED) is 0.786. The highest BCUT2D eigenvalue weighted by atomic mass is 79.9. The Morgan fingerprint density at radius 1 is 1.38 bits per heavy atom. The Kier molecular flexibility index (Phi) is 6.13. The zero-order chi connectivity index (χ0) is 15.5. The Morgan fingerprint density at radius 3 is 2.62 bits per heavy atom. The van der Waals surface area contributed by atoms with Crippen LogP contribution in [0.4, 0.5) is 0 Å². The fourth-order valence-electron chi connectivity index (χ4n) is 2.95. The molecule has 1 aromatic carbocycles. The fourth-order valence-corrected chi connectivity index (χ4v) is 3.76. The topological polar surface area (TPSA) is 29.3 Å².